The van der Waals surface area contributed by atoms with Crippen molar-refractivity contribution < 1.29 is 33.2 Å². The van der Waals surface area contributed by atoms with E-state index in [2.05, 4.69) is 0 Å². The molecule has 8 nitrogen and oxygen atoms in total. The summed E-state index contributed by atoms with van der Waals surface area (Å²) in [7, 11) is 0. The molecular formula is C16H25NO7. The lowest BCUT2D eigenvalue weighted by Gasteiger charge is -2.33. The zero-order chi connectivity index (χ0) is 17.7. The molecule has 8 heteroatoms. The molecule has 0 aliphatic carbocycles. The summed E-state index contributed by atoms with van der Waals surface area (Å²) in [5.74, 6) is -2.23. The van der Waals surface area contributed by atoms with E-state index in [-0.39, 0.29) is 25.3 Å². The Morgan fingerprint density at radius 2 is 1.88 bits per heavy atom. The van der Waals surface area contributed by atoms with E-state index in [0.717, 1.165) is 0 Å². The molecule has 4 atom stereocenters. The molecule has 0 spiro atoms. The van der Waals surface area contributed by atoms with Crippen molar-refractivity contribution in [2.75, 3.05) is 13.2 Å². The van der Waals surface area contributed by atoms with Crippen molar-refractivity contribution in [2.45, 2.75) is 77.0 Å². The lowest BCUT2D eigenvalue weighted by atomic mass is 9.93. The summed E-state index contributed by atoms with van der Waals surface area (Å²) in [6.07, 6.45) is -1.27. The third kappa shape index (κ3) is 3.15. The van der Waals surface area contributed by atoms with E-state index in [0.29, 0.717) is 4.74 Å². The van der Waals surface area contributed by atoms with Crippen molar-refractivity contribution in [1.29, 1.82) is 0 Å². The van der Waals surface area contributed by atoms with Crippen LogP contribution >= 0.6 is 0 Å². The molecule has 3 heterocycles. The first kappa shape index (κ1) is 17.6. The Kier molecular flexibility index (Phi) is 4.36. The molecule has 3 aliphatic rings. The van der Waals surface area contributed by atoms with Crippen LogP contribution in [0.1, 0.15) is 41.0 Å². The number of carbonyl (C=O) groups excluding carboxylic acids is 1. The van der Waals surface area contributed by atoms with Crippen molar-refractivity contribution in [2.24, 2.45) is 0 Å². The van der Waals surface area contributed by atoms with Gasteiger partial charge in [-0.2, -0.15) is 4.74 Å². The minimum atomic E-state index is -0.826. The van der Waals surface area contributed by atoms with Gasteiger partial charge in [0.2, 0.25) is 6.04 Å². The second-order valence-corrected chi connectivity index (χ2v) is 7.19. The van der Waals surface area contributed by atoms with E-state index < -0.39 is 41.9 Å². The Morgan fingerprint density at radius 3 is 2.46 bits per heavy atom. The molecule has 0 amide bonds. The second-order valence-electron chi connectivity index (χ2n) is 7.19. The van der Waals surface area contributed by atoms with Crippen LogP contribution < -0.4 is 0 Å². The van der Waals surface area contributed by atoms with E-state index >= 15 is 0 Å². The van der Waals surface area contributed by atoms with Gasteiger partial charge >= 0.3 is 5.97 Å². The molecule has 0 saturated carbocycles. The first-order valence-corrected chi connectivity index (χ1v) is 8.30. The fourth-order valence-corrected chi connectivity index (χ4v) is 3.54. The summed E-state index contributed by atoms with van der Waals surface area (Å²) in [6.45, 7) is 9.30. The van der Waals surface area contributed by atoms with Gasteiger partial charge < -0.3 is 28.9 Å². The van der Waals surface area contributed by atoms with Gasteiger partial charge in [0.25, 0.3) is 5.71 Å². The summed E-state index contributed by atoms with van der Waals surface area (Å²) in [5, 5.41) is 12.9. The number of hydrogen-bond acceptors (Lipinski definition) is 7. The van der Waals surface area contributed by atoms with Crippen LogP contribution in [0.4, 0.5) is 0 Å². The highest BCUT2D eigenvalue weighted by molar-refractivity contribution is 6.34. The fourth-order valence-electron chi connectivity index (χ4n) is 3.54. The maximum atomic E-state index is 12.9. The monoisotopic (exact) mass is 343 g/mol. The van der Waals surface area contributed by atoms with Crippen LogP contribution in [-0.4, -0.2) is 65.6 Å². The molecule has 0 aromatic heterocycles. The SMILES string of the molecule is CCOC(=O)C1=[N+]([O-])[C@@H]([C@H]2COC(C)(C)O2)[C@@H]2OC(C)(C)O[C@@H]2C1. The van der Waals surface area contributed by atoms with Crippen molar-refractivity contribution in [3.8, 4) is 0 Å². The number of ether oxygens (including phenoxy) is 5. The smallest absolute Gasteiger partial charge is 0.399 e. The molecule has 0 radical (unpaired) electrons. The third-order valence-electron chi connectivity index (χ3n) is 4.41. The summed E-state index contributed by atoms with van der Waals surface area (Å²) >= 11 is 0. The topological polar surface area (TPSA) is 89.3 Å². The van der Waals surface area contributed by atoms with Gasteiger partial charge in [-0.25, -0.2) is 4.79 Å². The molecule has 3 aliphatic heterocycles. The van der Waals surface area contributed by atoms with Gasteiger partial charge in [-0.05, 0) is 34.6 Å². The molecule has 0 bridgehead atoms. The fraction of sp³-hybridized carbons (Fsp3) is 0.875. The van der Waals surface area contributed by atoms with Crippen LogP contribution in [0, 0.1) is 5.21 Å². The van der Waals surface area contributed by atoms with Gasteiger partial charge in [-0.15, -0.1) is 0 Å². The normalized spacial score (nSPS) is 37.4. The van der Waals surface area contributed by atoms with E-state index in [9.17, 15) is 10.0 Å². The van der Waals surface area contributed by atoms with Crippen LogP contribution in [-0.2, 0) is 28.5 Å². The molecule has 24 heavy (non-hydrogen) atoms. The van der Waals surface area contributed by atoms with E-state index in [4.69, 9.17) is 23.7 Å². The van der Waals surface area contributed by atoms with Crippen molar-refractivity contribution in [3.05, 3.63) is 5.21 Å². The number of esters is 1. The van der Waals surface area contributed by atoms with Gasteiger partial charge in [-0.3, -0.25) is 0 Å². The average Bonchev–Trinajstić information content (AvgIpc) is 2.96. The summed E-state index contributed by atoms with van der Waals surface area (Å²) in [5.41, 5.74) is 0.0395. The molecule has 2 fully saturated rings. The number of carbonyl (C=O) groups is 1. The average molecular weight is 343 g/mol. The largest absolute Gasteiger partial charge is 0.623 e. The number of hydrogen-bond donors (Lipinski definition) is 0. The van der Waals surface area contributed by atoms with Crippen LogP contribution in [0.2, 0.25) is 0 Å². The highest BCUT2D eigenvalue weighted by atomic mass is 16.8. The summed E-state index contributed by atoms with van der Waals surface area (Å²) in [4.78, 5) is 12.2. The van der Waals surface area contributed by atoms with Crippen molar-refractivity contribution in [1.82, 2.24) is 0 Å². The number of rotatable bonds is 3. The lowest BCUT2D eigenvalue weighted by molar-refractivity contribution is -0.534. The lowest BCUT2D eigenvalue weighted by Crippen LogP contribution is -2.57. The molecule has 3 rings (SSSR count). The molecule has 0 aromatic carbocycles. The van der Waals surface area contributed by atoms with Crippen LogP contribution in [0.5, 0.6) is 0 Å². The number of nitrogens with zero attached hydrogens (tertiary/aromatic N) is 1. The van der Waals surface area contributed by atoms with Gasteiger partial charge in [0.05, 0.1) is 19.6 Å². The van der Waals surface area contributed by atoms with Gasteiger partial charge in [0.15, 0.2) is 17.7 Å². The maximum absolute atomic E-state index is 12.9. The second kappa shape index (κ2) is 5.94. The Labute approximate surface area is 141 Å². The first-order chi connectivity index (χ1) is 11.1. The molecule has 0 unspecified atom stereocenters. The minimum absolute atomic E-state index is 0.0395. The molecule has 2 saturated heterocycles. The summed E-state index contributed by atoms with van der Waals surface area (Å²) < 4.78 is 29.0. The van der Waals surface area contributed by atoms with Gasteiger partial charge in [-0.1, -0.05) is 0 Å². The molecule has 136 valence electrons. The van der Waals surface area contributed by atoms with Crippen LogP contribution in [0.3, 0.4) is 0 Å². The highest BCUT2D eigenvalue weighted by Gasteiger charge is 2.58. The zero-order valence-corrected chi connectivity index (χ0v) is 14.7. The predicted molar refractivity (Wildman–Crippen MR) is 82.4 cm³/mol. The maximum Gasteiger partial charge on any atom is 0.399 e. The van der Waals surface area contributed by atoms with E-state index in [1.165, 1.54) is 0 Å². The van der Waals surface area contributed by atoms with Gasteiger partial charge in [0.1, 0.15) is 12.2 Å². The number of hydroxylamine groups is 1. The summed E-state index contributed by atoms with van der Waals surface area (Å²) in [6, 6.07) is -0.730. The zero-order valence-electron chi connectivity index (χ0n) is 14.7. The molecule has 0 aromatic rings. The van der Waals surface area contributed by atoms with E-state index in [1.54, 1.807) is 34.6 Å². The molecule has 0 N–H and O–H groups in total. The Balaban J connectivity index is 1.94. The highest BCUT2D eigenvalue weighted by Crippen LogP contribution is 2.38. The predicted octanol–water partition coefficient (Wildman–Crippen LogP) is 0.945. The standard InChI is InChI=1S/C16H25NO7/c1-6-20-14(18)9-7-10-13(24-16(4,5)22-10)12(17(9)19)11-8-21-15(2,3)23-11/h10-13H,6-8H2,1-5H3/t10-,11-,12+,13-/m1/s1. The Bertz CT molecular complexity index is 557. The van der Waals surface area contributed by atoms with Crippen LogP contribution in [0.25, 0.3) is 0 Å². The Hall–Kier alpha value is -1.22. The van der Waals surface area contributed by atoms with Gasteiger partial charge in [0, 0.05) is 0 Å². The van der Waals surface area contributed by atoms with Crippen molar-refractivity contribution in [3.63, 3.8) is 0 Å². The molecular weight excluding hydrogens is 318 g/mol. The minimum Gasteiger partial charge on any atom is -0.623 e. The quantitative estimate of drug-likeness (QED) is 0.428. The third-order valence-corrected chi connectivity index (χ3v) is 4.41. The Morgan fingerprint density at radius 1 is 1.21 bits per heavy atom. The van der Waals surface area contributed by atoms with Crippen molar-refractivity contribution >= 4 is 11.7 Å². The first-order valence-electron chi connectivity index (χ1n) is 8.30. The number of fused-ring (bicyclic) bond motifs is 1. The van der Waals surface area contributed by atoms with E-state index in [1.807, 2.05) is 0 Å². The van der Waals surface area contributed by atoms with Crippen LogP contribution in [0.15, 0.2) is 0 Å².